The summed E-state index contributed by atoms with van der Waals surface area (Å²) in [6.45, 7) is 3.60. The van der Waals surface area contributed by atoms with E-state index in [2.05, 4.69) is 10.2 Å². The van der Waals surface area contributed by atoms with Gasteiger partial charge in [-0.2, -0.15) is 0 Å². The number of hydrogen-bond donors (Lipinski definition) is 1. The quantitative estimate of drug-likeness (QED) is 0.919. The van der Waals surface area contributed by atoms with E-state index >= 15 is 0 Å². The van der Waals surface area contributed by atoms with Crippen LogP contribution in [0.5, 0.6) is 0 Å². The molecule has 0 aromatic carbocycles. The first-order valence-electron chi connectivity index (χ1n) is 7.77. The minimum atomic E-state index is -0.380. The maximum absolute atomic E-state index is 13.0. The fourth-order valence-electron chi connectivity index (χ4n) is 3.55. The topological polar surface area (TPSA) is 45.5 Å². The number of amides is 1. The van der Waals surface area contributed by atoms with E-state index in [1.165, 1.54) is 12.8 Å². The Balaban J connectivity index is 1.78. The largest absolute Gasteiger partial charge is 0.467 e. The van der Waals surface area contributed by atoms with Crippen molar-refractivity contribution >= 4 is 5.91 Å². The molecule has 1 unspecified atom stereocenters. The third kappa shape index (κ3) is 2.62. The van der Waals surface area contributed by atoms with Crippen LogP contribution < -0.4 is 5.32 Å². The predicted molar refractivity (Wildman–Crippen MR) is 77.2 cm³/mol. The van der Waals surface area contributed by atoms with Gasteiger partial charge in [-0.3, -0.25) is 4.79 Å². The van der Waals surface area contributed by atoms with Gasteiger partial charge >= 0.3 is 0 Å². The molecule has 2 fully saturated rings. The van der Waals surface area contributed by atoms with Gasteiger partial charge in [0.15, 0.2) is 0 Å². The van der Waals surface area contributed by atoms with Crippen LogP contribution in [0.4, 0.5) is 0 Å². The van der Waals surface area contributed by atoms with Crippen LogP contribution in [-0.4, -0.2) is 28.9 Å². The molecule has 1 aliphatic carbocycles. The van der Waals surface area contributed by atoms with Gasteiger partial charge in [0, 0.05) is 6.04 Å². The number of carbonyl (C=O) groups excluding carboxylic acids is 1. The smallest absolute Gasteiger partial charge is 0.243 e. The zero-order valence-corrected chi connectivity index (χ0v) is 12.2. The lowest BCUT2D eigenvalue weighted by Crippen LogP contribution is -2.54. The van der Waals surface area contributed by atoms with Crippen LogP contribution in [0.2, 0.25) is 0 Å². The van der Waals surface area contributed by atoms with Gasteiger partial charge in [0.2, 0.25) is 5.91 Å². The maximum Gasteiger partial charge on any atom is 0.243 e. The molecule has 0 radical (unpaired) electrons. The third-order valence-corrected chi connectivity index (χ3v) is 4.77. The molecule has 1 N–H and O–H groups in total. The van der Waals surface area contributed by atoms with Gasteiger partial charge in [-0.15, -0.1) is 0 Å². The molecule has 3 rings (SSSR count). The molecule has 1 atom stereocenters. The highest BCUT2D eigenvalue weighted by Crippen LogP contribution is 2.30. The minimum Gasteiger partial charge on any atom is -0.467 e. The fraction of sp³-hybridized carbons (Fsp3) is 0.688. The lowest BCUT2D eigenvalue weighted by molar-refractivity contribution is -0.140. The van der Waals surface area contributed by atoms with Crippen molar-refractivity contribution in [3.63, 3.8) is 0 Å². The molecule has 1 aliphatic heterocycles. The van der Waals surface area contributed by atoms with E-state index in [-0.39, 0.29) is 11.4 Å². The summed E-state index contributed by atoms with van der Waals surface area (Å²) >= 11 is 0. The first-order chi connectivity index (χ1) is 9.69. The Kier molecular flexibility index (Phi) is 3.83. The first kappa shape index (κ1) is 13.7. The van der Waals surface area contributed by atoms with Crippen molar-refractivity contribution in [1.82, 2.24) is 10.2 Å². The van der Waals surface area contributed by atoms with Gasteiger partial charge in [0.1, 0.15) is 5.76 Å². The zero-order chi connectivity index (χ0) is 14.0. The molecule has 0 spiro atoms. The van der Waals surface area contributed by atoms with Crippen LogP contribution in [0.3, 0.4) is 0 Å². The van der Waals surface area contributed by atoms with Gasteiger partial charge in [0.05, 0.1) is 18.3 Å². The highest BCUT2D eigenvalue weighted by molar-refractivity contribution is 5.86. The van der Waals surface area contributed by atoms with Crippen molar-refractivity contribution < 1.29 is 9.21 Å². The summed E-state index contributed by atoms with van der Waals surface area (Å²) < 4.78 is 5.45. The summed E-state index contributed by atoms with van der Waals surface area (Å²) in [6.07, 6.45) is 8.43. The van der Waals surface area contributed by atoms with Gasteiger partial charge < -0.3 is 14.6 Å². The molecule has 1 aromatic rings. The van der Waals surface area contributed by atoms with Crippen molar-refractivity contribution in [2.75, 3.05) is 6.54 Å². The Morgan fingerprint density at radius 2 is 2.25 bits per heavy atom. The molecule has 1 amide bonds. The molecule has 110 valence electrons. The molecule has 1 aromatic heterocycles. The summed E-state index contributed by atoms with van der Waals surface area (Å²) in [5.74, 6) is 1.13. The molecular weight excluding hydrogens is 252 g/mol. The molecule has 4 nitrogen and oxygen atoms in total. The normalized spacial score (nSPS) is 27.1. The van der Waals surface area contributed by atoms with Gasteiger partial charge in [-0.25, -0.2) is 0 Å². The molecule has 4 heteroatoms. The molecule has 1 saturated heterocycles. The maximum atomic E-state index is 13.0. The standard InChI is InChI=1S/C16H24N2O2/c1-16(9-5-10-17-16)15(19)18(13-6-2-3-7-13)12-14-8-4-11-20-14/h4,8,11,13,17H,2-3,5-7,9-10,12H2,1H3. The first-order valence-corrected chi connectivity index (χ1v) is 7.77. The summed E-state index contributed by atoms with van der Waals surface area (Å²) in [7, 11) is 0. The van der Waals surface area contributed by atoms with E-state index in [9.17, 15) is 4.79 Å². The Bertz CT molecular complexity index is 443. The van der Waals surface area contributed by atoms with Gasteiger partial charge in [-0.05, 0) is 51.3 Å². The Hall–Kier alpha value is -1.29. The molecule has 2 aliphatic rings. The van der Waals surface area contributed by atoms with E-state index in [4.69, 9.17) is 4.42 Å². The van der Waals surface area contributed by atoms with Crippen LogP contribution in [0.25, 0.3) is 0 Å². The Morgan fingerprint density at radius 1 is 1.45 bits per heavy atom. The highest BCUT2D eigenvalue weighted by atomic mass is 16.3. The number of carbonyl (C=O) groups is 1. The van der Waals surface area contributed by atoms with Crippen molar-refractivity contribution in [3.8, 4) is 0 Å². The molecular formula is C16H24N2O2. The SMILES string of the molecule is CC1(C(=O)N(Cc2ccco2)C2CCCC2)CCCN1. The number of nitrogens with one attached hydrogen (secondary N) is 1. The zero-order valence-electron chi connectivity index (χ0n) is 12.2. The van der Waals surface area contributed by atoms with Crippen LogP contribution in [0.15, 0.2) is 22.8 Å². The molecule has 1 saturated carbocycles. The summed E-state index contributed by atoms with van der Waals surface area (Å²) in [4.78, 5) is 15.1. The van der Waals surface area contributed by atoms with E-state index in [1.54, 1.807) is 6.26 Å². The van der Waals surface area contributed by atoms with Gasteiger partial charge in [-0.1, -0.05) is 12.8 Å². The average molecular weight is 276 g/mol. The van der Waals surface area contributed by atoms with Crippen LogP contribution in [0, 0.1) is 0 Å². The number of nitrogens with zero attached hydrogens (tertiary/aromatic N) is 1. The lowest BCUT2D eigenvalue weighted by Gasteiger charge is -2.35. The second kappa shape index (κ2) is 5.60. The van der Waals surface area contributed by atoms with E-state index in [0.717, 1.165) is 38.0 Å². The van der Waals surface area contributed by atoms with Gasteiger partial charge in [0.25, 0.3) is 0 Å². The summed E-state index contributed by atoms with van der Waals surface area (Å²) in [5.41, 5.74) is -0.380. The second-order valence-corrected chi connectivity index (χ2v) is 6.31. The number of rotatable bonds is 4. The summed E-state index contributed by atoms with van der Waals surface area (Å²) in [6, 6.07) is 4.23. The molecule has 0 bridgehead atoms. The minimum absolute atomic E-state index is 0.248. The van der Waals surface area contributed by atoms with Crippen LogP contribution in [-0.2, 0) is 11.3 Å². The van der Waals surface area contributed by atoms with Crippen LogP contribution >= 0.6 is 0 Å². The monoisotopic (exact) mass is 276 g/mol. The highest BCUT2D eigenvalue weighted by Gasteiger charge is 2.41. The second-order valence-electron chi connectivity index (χ2n) is 6.31. The molecule has 20 heavy (non-hydrogen) atoms. The lowest BCUT2D eigenvalue weighted by atomic mass is 9.97. The Labute approximate surface area is 120 Å². The van der Waals surface area contributed by atoms with Crippen molar-refractivity contribution in [3.05, 3.63) is 24.2 Å². The van der Waals surface area contributed by atoms with E-state index < -0.39 is 0 Å². The predicted octanol–water partition coefficient (Wildman–Crippen LogP) is 2.69. The summed E-state index contributed by atoms with van der Waals surface area (Å²) in [5, 5.41) is 3.39. The number of hydrogen-bond acceptors (Lipinski definition) is 3. The van der Waals surface area contributed by atoms with E-state index in [0.29, 0.717) is 12.6 Å². The fourth-order valence-corrected chi connectivity index (χ4v) is 3.55. The van der Waals surface area contributed by atoms with Crippen LogP contribution in [0.1, 0.15) is 51.2 Å². The van der Waals surface area contributed by atoms with Crippen molar-refractivity contribution in [1.29, 1.82) is 0 Å². The van der Waals surface area contributed by atoms with Crippen molar-refractivity contribution in [2.45, 2.75) is 63.6 Å². The third-order valence-electron chi connectivity index (χ3n) is 4.77. The average Bonchev–Trinajstić information content (AvgIpc) is 3.18. The van der Waals surface area contributed by atoms with Crippen molar-refractivity contribution in [2.24, 2.45) is 0 Å². The van der Waals surface area contributed by atoms with E-state index in [1.807, 2.05) is 19.1 Å². The number of furan rings is 1. The molecule has 2 heterocycles. The Morgan fingerprint density at radius 3 is 2.85 bits per heavy atom.